The molecule has 1 aliphatic carbocycles. The molecular formula is C18H23NO5. The molecule has 0 aromatic heterocycles. The Hall–Kier alpha value is -2.37. The number of carbonyl (C=O) groups is 3. The number of methoxy groups -OCH3 is 1. The lowest BCUT2D eigenvalue weighted by molar-refractivity contribution is -0.148. The quantitative estimate of drug-likeness (QED) is 0.810. The van der Waals surface area contributed by atoms with Crippen LogP contribution in [0, 0.1) is 12.8 Å². The number of hydrogen-bond donors (Lipinski definition) is 1. The summed E-state index contributed by atoms with van der Waals surface area (Å²) in [5, 5.41) is 2.65. The lowest BCUT2D eigenvalue weighted by Crippen LogP contribution is -2.22. The Morgan fingerprint density at radius 1 is 1.21 bits per heavy atom. The molecule has 6 heteroatoms. The van der Waals surface area contributed by atoms with Gasteiger partial charge in [-0.05, 0) is 43.4 Å². The van der Waals surface area contributed by atoms with Gasteiger partial charge in [-0.3, -0.25) is 9.59 Å². The molecule has 1 aromatic carbocycles. The predicted octanol–water partition coefficient (Wildman–Crippen LogP) is 2.84. The number of benzene rings is 1. The number of nitrogens with one attached hydrogen (secondary N) is 1. The predicted molar refractivity (Wildman–Crippen MR) is 88.7 cm³/mol. The first kappa shape index (κ1) is 18.0. The van der Waals surface area contributed by atoms with E-state index in [1.54, 1.807) is 18.2 Å². The molecule has 0 bridgehead atoms. The van der Waals surface area contributed by atoms with Crippen LogP contribution < -0.4 is 5.32 Å². The second-order valence-corrected chi connectivity index (χ2v) is 6.08. The standard InChI is InChI=1S/C18H23NO5/c1-12-7-8-14(18(22)23-2)10-15(12)19-16(20)11-24-17(21)9-13-5-3-4-6-13/h7-8,10,13H,3-6,9,11H2,1-2H3,(H,19,20). The van der Waals surface area contributed by atoms with Crippen molar-refractivity contribution in [1.82, 2.24) is 0 Å². The van der Waals surface area contributed by atoms with Gasteiger partial charge in [0.15, 0.2) is 6.61 Å². The van der Waals surface area contributed by atoms with Crippen molar-refractivity contribution in [3.05, 3.63) is 29.3 Å². The molecule has 1 fully saturated rings. The Bertz CT molecular complexity index is 620. The fourth-order valence-electron chi connectivity index (χ4n) is 2.84. The van der Waals surface area contributed by atoms with Gasteiger partial charge in [0.05, 0.1) is 12.7 Å². The summed E-state index contributed by atoms with van der Waals surface area (Å²) in [7, 11) is 1.30. The molecule has 2 rings (SSSR count). The van der Waals surface area contributed by atoms with E-state index in [4.69, 9.17) is 4.74 Å². The summed E-state index contributed by atoms with van der Waals surface area (Å²) in [5.74, 6) is -0.856. The highest BCUT2D eigenvalue weighted by molar-refractivity contribution is 5.96. The maximum Gasteiger partial charge on any atom is 0.337 e. The first-order chi connectivity index (χ1) is 11.5. The van der Waals surface area contributed by atoms with Crippen LogP contribution in [0.5, 0.6) is 0 Å². The van der Waals surface area contributed by atoms with E-state index in [9.17, 15) is 14.4 Å². The highest BCUT2D eigenvalue weighted by Gasteiger charge is 2.20. The van der Waals surface area contributed by atoms with Gasteiger partial charge >= 0.3 is 11.9 Å². The van der Waals surface area contributed by atoms with Crippen LogP contribution >= 0.6 is 0 Å². The summed E-state index contributed by atoms with van der Waals surface area (Å²) in [4.78, 5) is 35.2. The van der Waals surface area contributed by atoms with E-state index in [-0.39, 0.29) is 12.6 Å². The van der Waals surface area contributed by atoms with Crippen molar-refractivity contribution in [3.8, 4) is 0 Å². The van der Waals surface area contributed by atoms with E-state index in [0.29, 0.717) is 23.6 Å². The smallest absolute Gasteiger partial charge is 0.337 e. The first-order valence-corrected chi connectivity index (χ1v) is 8.14. The van der Waals surface area contributed by atoms with Crippen molar-refractivity contribution in [2.45, 2.75) is 39.0 Å². The highest BCUT2D eigenvalue weighted by Crippen LogP contribution is 2.27. The summed E-state index contributed by atoms with van der Waals surface area (Å²) in [6, 6.07) is 4.88. The number of aryl methyl sites for hydroxylation is 1. The lowest BCUT2D eigenvalue weighted by Gasteiger charge is -2.11. The number of hydrogen-bond acceptors (Lipinski definition) is 5. The Kier molecular flexibility index (Phi) is 6.35. The van der Waals surface area contributed by atoms with Crippen LogP contribution in [0.3, 0.4) is 0 Å². The third kappa shape index (κ3) is 5.08. The summed E-state index contributed by atoms with van der Waals surface area (Å²) in [6.07, 6.45) is 4.81. The summed E-state index contributed by atoms with van der Waals surface area (Å²) >= 11 is 0. The van der Waals surface area contributed by atoms with E-state index >= 15 is 0 Å². The second-order valence-electron chi connectivity index (χ2n) is 6.08. The van der Waals surface area contributed by atoms with Crippen LogP contribution in [0.4, 0.5) is 5.69 Å². The van der Waals surface area contributed by atoms with E-state index in [1.807, 2.05) is 6.92 Å². The van der Waals surface area contributed by atoms with Crippen LogP contribution in [-0.4, -0.2) is 31.6 Å². The average molecular weight is 333 g/mol. The topological polar surface area (TPSA) is 81.7 Å². The Balaban J connectivity index is 1.85. The summed E-state index contributed by atoms with van der Waals surface area (Å²) in [6.45, 7) is 1.48. The van der Waals surface area contributed by atoms with Gasteiger partial charge in [0.25, 0.3) is 5.91 Å². The van der Waals surface area contributed by atoms with Crippen LogP contribution in [0.1, 0.15) is 48.0 Å². The normalized spacial score (nSPS) is 14.2. The third-order valence-corrected chi connectivity index (χ3v) is 4.23. The molecule has 1 aliphatic rings. The molecule has 0 spiro atoms. The molecule has 1 N–H and O–H groups in total. The number of esters is 2. The number of rotatable bonds is 6. The zero-order valence-electron chi connectivity index (χ0n) is 14.1. The molecular weight excluding hydrogens is 310 g/mol. The summed E-state index contributed by atoms with van der Waals surface area (Å²) in [5.41, 5.74) is 1.64. The van der Waals surface area contributed by atoms with Gasteiger partial charge in [-0.2, -0.15) is 0 Å². The Morgan fingerprint density at radius 2 is 1.92 bits per heavy atom. The fraction of sp³-hybridized carbons (Fsp3) is 0.500. The van der Waals surface area contributed by atoms with Crippen molar-refractivity contribution in [3.63, 3.8) is 0 Å². The molecule has 0 aliphatic heterocycles. The monoisotopic (exact) mass is 333 g/mol. The van der Waals surface area contributed by atoms with Crippen molar-refractivity contribution < 1.29 is 23.9 Å². The Morgan fingerprint density at radius 3 is 2.58 bits per heavy atom. The first-order valence-electron chi connectivity index (χ1n) is 8.14. The minimum Gasteiger partial charge on any atom is -0.465 e. The van der Waals surface area contributed by atoms with E-state index in [2.05, 4.69) is 10.1 Å². The zero-order valence-corrected chi connectivity index (χ0v) is 14.1. The van der Waals surface area contributed by atoms with Crippen molar-refractivity contribution in [1.29, 1.82) is 0 Å². The number of carbonyl (C=O) groups excluding carboxylic acids is 3. The van der Waals surface area contributed by atoms with E-state index < -0.39 is 11.9 Å². The van der Waals surface area contributed by atoms with Gasteiger partial charge in [0, 0.05) is 12.1 Å². The molecule has 24 heavy (non-hydrogen) atoms. The van der Waals surface area contributed by atoms with Crippen molar-refractivity contribution >= 4 is 23.5 Å². The molecule has 0 saturated heterocycles. The SMILES string of the molecule is COC(=O)c1ccc(C)c(NC(=O)COC(=O)CC2CCCC2)c1. The molecule has 0 unspecified atom stereocenters. The van der Waals surface area contributed by atoms with E-state index in [0.717, 1.165) is 31.2 Å². The third-order valence-electron chi connectivity index (χ3n) is 4.23. The zero-order chi connectivity index (χ0) is 17.5. The minimum absolute atomic E-state index is 0.326. The molecule has 6 nitrogen and oxygen atoms in total. The second kappa shape index (κ2) is 8.47. The maximum absolute atomic E-state index is 12.0. The van der Waals surface area contributed by atoms with Gasteiger partial charge in [0.1, 0.15) is 0 Å². The van der Waals surface area contributed by atoms with Gasteiger partial charge in [-0.1, -0.05) is 18.9 Å². The van der Waals surface area contributed by atoms with Crippen LogP contribution in [0.25, 0.3) is 0 Å². The van der Waals surface area contributed by atoms with Gasteiger partial charge in [-0.25, -0.2) is 4.79 Å². The van der Waals surface area contributed by atoms with Crippen LogP contribution in [0.15, 0.2) is 18.2 Å². The molecule has 0 heterocycles. The fourth-order valence-corrected chi connectivity index (χ4v) is 2.84. The molecule has 0 radical (unpaired) electrons. The molecule has 0 atom stereocenters. The van der Waals surface area contributed by atoms with Gasteiger partial charge in [-0.15, -0.1) is 0 Å². The van der Waals surface area contributed by atoms with Crippen molar-refractivity contribution in [2.75, 3.05) is 19.0 Å². The number of anilines is 1. The Labute approximate surface area is 141 Å². The molecule has 1 aromatic rings. The lowest BCUT2D eigenvalue weighted by atomic mass is 10.0. The van der Waals surface area contributed by atoms with Crippen LogP contribution in [0.2, 0.25) is 0 Å². The minimum atomic E-state index is -0.478. The van der Waals surface area contributed by atoms with Gasteiger partial charge in [0.2, 0.25) is 0 Å². The summed E-state index contributed by atoms with van der Waals surface area (Å²) < 4.78 is 9.69. The molecule has 1 amide bonds. The van der Waals surface area contributed by atoms with E-state index in [1.165, 1.54) is 7.11 Å². The molecule has 130 valence electrons. The van der Waals surface area contributed by atoms with Crippen molar-refractivity contribution in [2.24, 2.45) is 5.92 Å². The molecule has 1 saturated carbocycles. The highest BCUT2D eigenvalue weighted by atomic mass is 16.5. The number of amides is 1. The van der Waals surface area contributed by atoms with Gasteiger partial charge < -0.3 is 14.8 Å². The largest absolute Gasteiger partial charge is 0.465 e. The van der Waals surface area contributed by atoms with Crippen LogP contribution in [-0.2, 0) is 19.1 Å². The average Bonchev–Trinajstić information content (AvgIpc) is 3.07. The number of ether oxygens (including phenoxy) is 2. The maximum atomic E-state index is 12.0.